The molecule has 0 saturated carbocycles. The highest BCUT2D eigenvalue weighted by Gasteiger charge is 2.22. The smallest absolute Gasteiger partial charge is 0.146 e. The highest BCUT2D eigenvalue weighted by molar-refractivity contribution is 5.50. The van der Waals surface area contributed by atoms with Crippen molar-refractivity contribution in [3.63, 3.8) is 0 Å². The summed E-state index contributed by atoms with van der Waals surface area (Å²) in [5, 5.41) is 12.2. The Morgan fingerprint density at radius 1 is 1.58 bits per heavy atom. The maximum atomic E-state index is 14.2. The Balaban J connectivity index is 2.16. The van der Waals surface area contributed by atoms with E-state index < -0.39 is 0 Å². The Hall–Kier alpha value is -1.17. The predicted octanol–water partition coefficient (Wildman–Crippen LogP) is 1.30. The number of aliphatic hydroxyl groups excluding tert-OH is 1. The fraction of sp³-hybridized carbons (Fsp3) is 0.571. The van der Waals surface area contributed by atoms with Gasteiger partial charge in [-0.1, -0.05) is 6.07 Å². The highest BCUT2D eigenvalue weighted by Crippen LogP contribution is 2.25. The molecule has 0 bridgehead atoms. The predicted molar refractivity (Wildman–Crippen MR) is 72.9 cm³/mol. The van der Waals surface area contributed by atoms with Crippen molar-refractivity contribution in [1.29, 1.82) is 0 Å². The van der Waals surface area contributed by atoms with E-state index in [4.69, 9.17) is 9.84 Å². The number of hydrogen-bond acceptors (Lipinski definition) is 4. The van der Waals surface area contributed by atoms with Crippen LogP contribution < -0.4 is 10.2 Å². The van der Waals surface area contributed by atoms with Crippen LogP contribution in [-0.2, 0) is 4.74 Å². The van der Waals surface area contributed by atoms with E-state index in [1.165, 1.54) is 0 Å². The first kappa shape index (κ1) is 14.2. The molecule has 1 heterocycles. The molecule has 1 fully saturated rings. The van der Waals surface area contributed by atoms with Crippen LogP contribution in [-0.4, -0.2) is 44.6 Å². The molecule has 2 N–H and O–H groups in total. The molecule has 1 saturated heterocycles. The van der Waals surface area contributed by atoms with Crippen LogP contribution in [0.25, 0.3) is 0 Å². The molecular formula is C14H21FN2O2. The molecule has 1 aliphatic heterocycles. The third-order valence-electron chi connectivity index (χ3n) is 3.59. The lowest BCUT2D eigenvalue weighted by Crippen LogP contribution is -2.44. The molecule has 1 aliphatic rings. The molecule has 19 heavy (non-hydrogen) atoms. The van der Waals surface area contributed by atoms with Crippen LogP contribution in [0.1, 0.15) is 18.5 Å². The summed E-state index contributed by atoms with van der Waals surface area (Å²) in [7, 11) is 1.85. The molecule has 0 amide bonds. The van der Waals surface area contributed by atoms with Crippen LogP contribution in [0, 0.1) is 5.82 Å². The Labute approximate surface area is 113 Å². The topological polar surface area (TPSA) is 44.7 Å². The largest absolute Gasteiger partial charge is 0.394 e. The quantitative estimate of drug-likeness (QED) is 0.864. The molecule has 5 heteroatoms. The number of nitrogens with one attached hydrogen (secondary N) is 1. The number of rotatable bonds is 4. The van der Waals surface area contributed by atoms with Gasteiger partial charge in [-0.3, -0.25) is 0 Å². The lowest BCUT2D eigenvalue weighted by atomic mass is 10.1. The first-order valence-corrected chi connectivity index (χ1v) is 6.59. The molecule has 0 radical (unpaired) electrons. The van der Waals surface area contributed by atoms with Crippen molar-refractivity contribution in [2.24, 2.45) is 0 Å². The van der Waals surface area contributed by atoms with Gasteiger partial charge in [0.2, 0.25) is 0 Å². The van der Waals surface area contributed by atoms with Crippen molar-refractivity contribution in [1.82, 2.24) is 5.32 Å². The van der Waals surface area contributed by atoms with E-state index in [1.807, 2.05) is 24.9 Å². The summed E-state index contributed by atoms with van der Waals surface area (Å²) < 4.78 is 19.6. The van der Waals surface area contributed by atoms with Crippen LogP contribution in [0.4, 0.5) is 10.1 Å². The van der Waals surface area contributed by atoms with E-state index in [0.29, 0.717) is 25.4 Å². The van der Waals surface area contributed by atoms with Gasteiger partial charge < -0.3 is 20.1 Å². The van der Waals surface area contributed by atoms with Gasteiger partial charge in [0.05, 0.1) is 25.0 Å². The summed E-state index contributed by atoms with van der Waals surface area (Å²) in [4.78, 5) is 1.92. The number of nitrogens with zero attached hydrogens (tertiary/aromatic N) is 1. The summed E-state index contributed by atoms with van der Waals surface area (Å²) in [5.74, 6) is -0.224. The lowest BCUT2D eigenvalue weighted by molar-refractivity contribution is 0.00340. The zero-order valence-corrected chi connectivity index (χ0v) is 11.4. The van der Waals surface area contributed by atoms with Gasteiger partial charge >= 0.3 is 0 Å². The van der Waals surface area contributed by atoms with Crippen LogP contribution in [0.15, 0.2) is 18.2 Å². The Bertz CT molecular complexity index is 428. The fourth-order valence-corrected chi connectivity index (χ4v) is 2.26. The summed E-state index contributed by atoms with van der Waals surface area (Å²) in [5.41, 5.74) is 1.50. The van der Waals surface area contributed by atoms with Crippen LogP contribution >= 0.6 is 0 Å². The molecule has 2 rings (SSSR count). The first-order chi connectivity index (χ1) is 9.15. The van der Waals surface area contributed by atoms with Gasteiger partial charge in [0.25, 0.3) is 0 Å². The average molecular weight is 268 g/mol. The second-order valence-electron chi connectivity index (χ2n) is 4.84. The van der Waals surface area contributed by atoms with E-state index in [2.05, 4.69) is 5.32 Å². The Morgan fingerprint density at radius 3 is 3.00 bits per heavy atom. The average Bonchev–Trinajstić information content (AvgIpc) is 2.46. The molecule has 1 aromatic carbocycles. The van der Waals surface area contributed by atoms with Crippen LogP contribution in [0.5, 0.6) is 0 Å². The zero-order chi connectivity index (χ0) is 13.8. The highest BCUT2D eigenvalue weighted by atomic mass is 19.1. The number of morpholine rings is 1. The summed E-state index contributed by atoms with van der Waals surface area (Å²) in [6.45, 7) is 3.64. The van der Waals surface area contributed by atoms with Crippen LogP contribution in [0.2, 0.25) is 0 Å². The molecule has 1 aromatic rings. The molecule has 4 nitrogen and oxygen atoms in total. The Morgan fingerprint density at radius 2 is 2.37 bits per heavy atom. The SMILES string of the molecule is CNC(C)c1ccc(N2CCOC(CO)C2)c(F)c1. The molecule has 0 spiro atoms. The van der Waals surface area contributed by atoms with Gasteiger partial charge in [-0.05, 0) is 31.7 Å². The summed E-state index contributed by atoms with van der Waals surface area (Å²) >= 11 is 0. The summed E-state index contributed by atoms with van der Waals surface area (Å²) in [6.07, 6.45) is -0.232. The van der Waals surface area contributed by atoms with E-state index in [-0.39, 0.29) is 24.6 Å². The Kier molecular flexibility index (Phi) is 4.74. The number of halogens is 1. The van der Waals surface area contributed by atoms with Gasteiger partial charge in [0, 0.05) is 19.1 Å². The third-order valence-corrected chi connectivity index (χ3v) is 3.59. The van der Waals surface area contributed by atoms with Crippen molar-refractivity contribution < 1.29 is 14.2 Å². The minimum absolute atomic E-state index is 0.0347. The molecule has 0 aliphatic carbocycles. The second kappa shape index (κ2) is 6.32. The van der Waals surface area contributed by atoms with E-state index in [9.17, 15) is 4.39 Å². The van der Waals surface area contributed by atoms with Crippen molar-refractivity contribution in [3.8, 4) is 0 Å². The standard InChI is InChI=1S/C14H21FN2O2/c1-10(16-2)11-3-4-14(13(15)7-11)17-5-6-19-12(8-17)9-18/h3-4,7,10,12,16,18H,5-6,8-9H2,1-2H3. The summed E-state index contributed by atoms with van der Waals surface area (Å²) in [6, 6.07) is 5.43. The second-order valence-corrected chi connectivity index (χ2v) is 4.84. The number of ether oxygens (including phenoxy) is 1. The molecular weight excluding hydrogens is 247 g/mol. The fourth-order valence-electron chi connectivity index (χ4n) is 2.26. The maximum Gasteiger partial charge on any atom is 0.146 e. The van der Waals surface area contributed by atoms with Crippen molar-refractivity contribution in [2.45, 2.75) is 19.1 Å². The minimum atomic E-state index is -0.232. The molecule has 106 valence electrons. The first-order valence-electron chi connectivity index (χ1n) is 6.59. The number of anilines is 1. The number of benzene rings is 1. The maximum absolute atomic E-state index is 14.2. The van der Waals surface area contributed by atoms with Crippen molar-refractivity contribution in [2.75, 3.05) is 38.3 Å². The minimum Gasteiger partial charge on any atom is -0.394 e. The van der Waals surface area contributed by atoms with E-state index in [1.54, 1.807) is 12.1 Å². The van der Waals surface area contributed by atoms with Crippen molar-refractivity contribution in [3.05, 3.63) is 29.6 Å². The zero-order valence-electron chi connectivity index (χ0n) is 11.4. The van der Waals surface area contributed by atoms with Gasteiger partial charge in [0.1, 0.15) is 5.82 Å². The van der Waals surface area contributed by atoms with Gasteiger partial charge in [0.15, 0.2) is 0 Å². The van der Waals surface area contributed by atoms with Crippen LogP contribution in [0.3, 0.4) is 0 Å². The van der Waals surface area contributed by atoms with E-state index in [0.717, 1.165) is 5.56 Å². The van der Waals surface area contributed by atoms with Crippen molar-refractivity contribution >= 4 is 5.69 Å². The molecule has 0 aromatic heterocycles. The monoisotopic (exact) mass is 268 g/mol. The van der Waals surface area contributed by atoms with E-state index >= 15 is 0 Å². The lowest BCUT2D eigenvalue weighted by Gasteiger charge is -2.34. The van der Waals surface area contributed by atoms with Gasteiger partial charge in [-0.2, -0.15) is 0 Å². The number of hydrogen-bond donors (Lipinski definition) is 2. The molecule has 2 unspecified atom stereocenters. The molecule has 2 atom stereocenters. The van der Waals surface area contributed by atoms with Gasteiger partial charge in [-0.15, -0.1) is 0 Å². The number of aliphatic hydroxyl groups is 1. The van der Waals surface area contributed by atoms with Gasteiger partial charge in [-0.25, -0.2) is 4.39 Å². The third kappa shape index (κ3) is 3.23. The normalized spacial score (nSPS) is 21.5.